The standard InChI is InChI=1S/C19H19NO4/c1-22-16-7-3-2-6-14(16)10-11-19(21)20-12-15-13-23-17-8-4-5-9-18(17)24-15/h2-11,15H,12-13H2,1H3,(H,20,21). The van der Waals surface area contributed by atoms with Gasteiger partial charge >= 0.3 is 0 Å². The van der Waals surface area contributed by atoms with Crippen molar-refractivity contribution in [2.24, 2.45) is 0 Å². The molecular formula is C19H19NO4. The summed E-state index contributed by atoms with van der Waals surface area (Å²) in [5.74, 6) is 1.97. The van der Waals surface area contributed by atoms with Crippen LogP contribution in [0.25, 0.3) is 6.08 Å². The Morgan fingerprint density at radius 1 is 1.21 bits per heavy atom. The van der Waals surface area contributed by atoms with Crippen molar-refractivity contribution < 1.29 is 19.0 Å². The molecule has 0 saturated heterocycles. The summed E-state index contributed by atoms with van der Waals surface area (Å²) in [6.45, 7) is 0.789. The number of carbonyl (C=O) groups is 1. The number of nitrogens with one attached hydrogen (secondary N) is 1. The molecule has 0 saturated carbocycles. The van der Waals surface area contributed by atoms with Crippen LogP contribution in [-0.2, 0) is 4.79 Å². The second kappa shape index (κ2) is 7.55. The average Bonchev–Trinajstić information content (AvgIpc) is 2.64. The number of amides is 1. The molecule has 0 bridgehead atoms. The molecule has 0 aliphatic carbocycles. The number of fused-ring (bicyclic) bond motifs is 1. The van der Waals surface area contributed by atoms with E-state index in [1.807, 2.05) is 48.5 Å². The van der Waals surface area contributed by atoms with Crippen molar-refractivity contribution in [1.82, 2.24) is 5.32 Å². The number of carbonyl (C=O) groups excluding carboxylic acids is 1. The third kappa shape index (κ3) is 3.87. The van der Waals surface area contributed by atoms with Crippen LogP contribution < -0.4 is 19.5 Å². The summed E-state index contributed by atoms with van der Waals surface area (Å²) in [5, 5.41) is 2.82. The van der Waals surface area contributed by atoms with E-state index in [1.165, 1.54) is 6.08 Å². The van der Waals surface area contributed by atoms with E-state index in [-0.39, 0.29) is 12.0 Å². The molecule has 0 spiro atoms. The molecule has 124 valence electrons. The van der Waals surface area contributed by atoms with Crippen LogP contribution in [0.5, 0.6) is 17.2 Å². The maximum atomic E-state index is 12.0. The van der Waals surface area contributed by atoms with E-state index in [4.69, 9.17) is 14.2 Å². The number of ether oxygens (including phenoxy) is 3. The molecule has 1 aliphatic heterocycles. The highest BCUT2D eigenvalue weighted by Gasteiger charge is 2.20. The molecule has 0 radical (unpaired) electrons. The number of hydrogen-bond donors (Lipinski definition) is 1. The summed E-state index contributed by atoms with van der Waals surface area (Å²) in [7, 11) is 1.60. The van der Waals surface area contributed by atoms with Gasteiger partial charge in [-0.05, 0) is 24.3 Å². The highest BCUT2D eigenvalue weighted by Crippen LogP contribution is 2.30. The first-order valence-electron chi connectivity index (χ1n) is 7.73. The maximum absolute atomic E-state index is 12.0. The fraction of sp³-hybridized carbons (Fsp3) is 0.211. The van der Waals surface area contributed by atoms with E-state index < -0.39 is 0 Å². The quantitative estimate of drug-likeness (QED) is 0.859. The minimum absolute atomic E-state index is 0.191. The summed E-state index contributed by atoms with van der Waals surface area (Å²) < 4.78 is 16.7. The van der Waals surface area contributed by atoms with Gasteiger partial charge in [-0.3, -0.25) is 4.79 Å². The first-order valence-corrected chi connectivity index (χ1v) is 7.73. The summed E-state index contributed by atoms with van der Waals surface area (Å²) in [4.78, 5) is 12.0. The summed E-state index contributed by atoms with van der Waals surface area (Å²) >= 11 is 0. The molecule has 0 aromatic heterocycles. The average molecular weight is 325 g/mol. The van der Waals surface area contributed by atoms with Gasteiger partial charge in [0, 0.05) is 11.6 Å². The van der Waals surface area contributed by atoms with Crippen LogP contribution in [0.4, 0.5) is 0 Å². The Kier molecular flexibility index (Phi) is 5.01. The highest BCUT2D eigenvalue weighted by atomic mass is 16.6. The number of methoxy groups -OCH3 is 1. The van der Waals surface area contributed by atoms with E-state index in [2.05, 4.69) is 5.32 Å². The van der Waals surface area contributed by atoms with Crippen molar-refractivity contribution in [3.63, 3.8) is 0 Å². The molecule has 2 aromatic carbocycles. The molecular weight excluding hydrogens is 306 g/mol. The highest BCUT2D eigenvalue weighted by molar-refractivity contribution is 5.92. The molecule has 1 atom stereocenters. The molecule has 2 aromatic rings. The maximum Gasteiger partial charge on any atom is 0.244 e. The van der Waals surface area contributed by atoms with Gasteiger partial charge in [0.15, 0.2) is 11.5 Å². The lowest BCUT2D eigenvalue weighted by Crippen LogP contribution is -2.40. The van der Waals surface area contributed by atoms with Crippen molar-refractivity contribution in [2.75, 3.05) is 20.3 Å². The molecule has 5 heteroatoms. The summed E-state index contributed by atoms with van der Waals surface area (Å²) in [5.41, 5.74) is 0.848. The third-order valence-corrected chi connectivity index (χ3v) is 3.62. The van der Waals surface area contributed by atoms with Gasteiger partial charge in [-0.15, -0.1) is 0 Å². The van der Waals surface area contributed by atoms with Gasteiger partial charge in [0.2, 0.25) is 5.91 Å². The van der Waals surface area contributed by atoms with Crippen LogP contribution in [-0.4, -0.2) is 32.3 Å². The monoisotopic (exact) mass is 325 g/mol. The van der Waals surface area contributed by atoms with Gasteiger partial charge in [0.05, 0.1) is 13.7 Å². The summed E-state index contributed by atoms with van der Waals surface area (Å²) in [6, 6.07) is 15.0. The third-order valence-electron chi connectivity index (χ3n) is 3.62. The van der Waals surface area contributed by atoms with Gasteiger partial charge in [0.1, 0.15) is 18.5 Å². The smallest absolute Gasteiger partial charge is 0.244 e. The Balaban J connectivity index is 1.52. The Morgan fingerprint density at radius 2 is 1.96 bits per heavy atom. The zero-order chi connectivity index (χ0) is 16.8. The predicted octanol–water partition coefficient (Wildman–Crippen LogP) is 2.66. The molecule has 1 aliphatic rings. The number of para-hydroxylation sites is 3. The minimum atomic E-state index is -0.205. The second-order valence-corrected chi connectivity index (χ2v) is 5.32. The van der Waals surface area contributed by atoms with Crippen LogP contribution in [0.1, 0.15) is 5.56 Å². The first kappa shape index (κ1) is 15.9. The Morgan fingerprint density at radius 3 is 2.79 bits per heavy atom. The predicted molar refractivity (Wildman–Crippen MR) is 91.4 cm³/mol. The van der Waals surface area contributed by atoms with Crippen LogP contribution in [0, 0.1) is 0 Å². The second-order valence-electron chi connectivity index (χ2n) is 5.32. The van der Waals surface area contributed by atoms with Crippen molar-refractivity contribution in [1.29, 1.82) is 0 Å². The normalized spacial score (nSPS) is 16.0. The van der Waals surface area contributed by atoms with E-state index in [0.29, 0.717) is 18.9 Å². The van der Waals surface area contributed by atoms with Crippen LogP contribution in [0.3, 0.4) is 0 Å². The van der Waals surface area contributed by atoms with E-state index in [0.717, 1.165) is 17.1 Å². The molecule has 0 fully saturated rings. The zero-order valence-corrected chi connectivity index (χ0v) is 13.4. The number of benzene rings is 2. The molecule has 24 heavy (non-hydrogen) atoms. The minimum Gasteiger partial charge on any atom is -0.496 e. The lowest BCUT2D eigenvalue weighted by Gasteiger charge is -2.26. The topological polar surface area (TPSA) is 56.8 Å². The molecule has 1 amide bonds. The number of rotatable bonds is 5. The summed E-state index contributed by atoms with van der Waals surface area (Å²) in [6.07, 6.45) is 3.00. The largest absolute Gasteiger partial charge is 0.496 e. The zero-order valence-electron chi connectivity index (χ0n) is 13.4. The van der Waals surface area contributed by atoms with Gasteiger partial charge < -0.3 is 19.5 Å². The van der Waals surface area contributed by atoms with Gasteiger partial charge in [-0.1, -0.05) is 30.3 Å². The first-order chi connectivity index (χ1) is 11.8. The van der Waals surface area contributed by atoms with Gasteiger partial charge in [0.25, 0.3) is 0 Å². The van der Waals surface area contributed by atoms with Crippen molar-refractivity contribution in [2.45, 2.75) is 6.10 Å². The Hall–Kier alpha value is -2.95. The lowest BCUT2D eigenvalue weighted by atomic mass is 10.2. The van der Waals surface area contributed by atoms with Crippen LogP contribution in [0.15, 0.2) is 54.6 Å². The lowest BCUT2D eigenvalue weighted by molar-refractivity contribution is -0.116. The van der Waals surface area contributed by atoms with Crippen molar-refractivity contribution >= 4 is 12.0 Å². The fourth-order valence-corrected chi connectivity index (χ4v) is 2.41. The molecule has 1 N–H and O–H groups in total. The molecule has 3 rings (SSSR count). The molecule has 1 heterocycles. The van der Waals surface area contributed by atoms with Gasteiger partial charge in [-0.25, -0.2) is 0 Å². The van der Waals surface area contributed by atoms with Crippen molar-refractivity contribution in [3.05, 3.63) is 60.2 Å². The van der Waals surface area contributed by atoms with Gasteiger partial charge in [-0.2, -0.15) is 0 Å². The SMILES string of the molecule is COc1ccccc1C=CC(=O)NCC1COc2ccccc2O1. The Labute approximate surface area is 140 Å². The Bertz CT molecular complexity index is 742. The molecule has 5 nitrogen and oxygen atoms in total. The molecule has 1 unspecified atom stereocenters. The van der Waals surface area contributed by atoms with Crippen LogP contribution in [0.2, 0.25) is 0 Å². The van der Waals surface area contributed by atoms with E-state index >= 15 is 0 Å². The number of hydrogen-bond acceptors (Lipinski definition) is 4. The fourth-order valence-electron chi connectivity index (χ4n) is 2.41. The van der Waals surface area contributed by atoms with E-state index in [9.17, 15) is 4.79 Å². The van der Waals surface area contributed by atoms with E-state index in [1.54, 1.807) is 13.2 Å². The van der Waals surface area contributed by atoms with Crippen molar-refractivity contribution in [3.8, 4) is 17.2 Å². The van der Waals surface area contributed by atoms with Crippen LogP contribution >= 0.6 is 0 Å².